The average Bonchev–Trinajstić information content (AvgIpc) is 2.15. The maximum atomic E-state index is 13.5. The Hall–Kier alpha value is -1.31. The Labute approximate surface area is 94.9 Å². The van der Waals surface area contributed by atoms with Gasteiger partial charge in [-0.2, -0.15) is 17.6 Å². The quantitative estimate of drug-likeness (QED) is 0.790. The van der Waals surface area contributed by atoms with Crippen LogP contribution in [0.5, 0.6) is 5.75 Å². The van der Waals surface area contributed by atoms with E-state index in [1.165, 1.54) is 6.07 Å². The Balaban J connectivity index is 3.32. The molecule has 0 atom stereocenters. The predicted molar refractivity (Wildman–Crippen MR) is 51.8 cm³/mol. The standard InChI is InChI=1S/C9H8F4O3S/c1-17(14,15)9(12,13)6-4-2-3-5-7(6)16-8(10)11/h2-5,8H,1H3. The van der Waals surface area contributed by atoms with Gasteiger partial charge in [-0.15, -0.1) is 0 Å². The summed E-state index contributed by atoms with van der Waals surface area (Å²) in [7, 11) is -4.77. The third kappa shape index (κ3) is 2.87. The van der Waals surface area contributed by atoms with Crippen LogP contribution in [0, 0.1) is 0 Å². The lowest BCUT2D eigenvalue weighted by Gasteiger charge is -2.18. The van der Waals surface area contributed by atoms with Crippen molar-refractivity contribution in [2.24, 2.45) is 0 Å². The second kappa shape index (κ2) is 4.52. The summed E-state index contributed by atoms with van der Waals surface area (Å²) in [6.45, 7) is -3.31. The van der Waals surface area contributed by atoms with E-state index in [0.29, 0.717) is 6.26 Å². The summed E-state index contributed by atoms with van der Waals surface area (Å²) in [5.74, 6) is -0.863. The van der Waals surface area contributed by atoms with Gasteiger partial charge in [-0.05, 0) is 12.1 Å². The molecule has 0 aliphatic heterocycles. The number of rotatable bonds is 4. The van der Waals surface area contributed by atoms with Crippen molar-refractivity contribution in [3.8, 4) is 5.75 Å². The summed E-state index contributed by atoms with van der Waals surface area (Å²) in [5, 5.41) is -4.28. The molecule has 1 aromatic carbocycles. The lowest BCUT2D eigenvalue weighted by molar-refractivity contribution is -0.0529. The van der Waals surface area contributed by atoms with Crippen LogP contribution in [0.15, 0.2) is 24.3 Å². The number of para-hydroxylation sites is 1. The van der Waals surface area contributed by atoms with Gasteiger partial charge in [-0.3, -0.25) is 0 Å². The number of ether oxygens (including phenoxy) is 1. The fraction of sp³-hybridized carbons (Fsp3) is 0.333. The summed E-state index contributed by atoms with van der Waals surface area (Å²) in [5.41, 5.74) is -1.11. The van der Waals surface area contributed by atoms with Crippen LogP contribution in [0.2, 0.25) is 0 Å². The minimum Gasteiger partial charge on any atom is -0.434 e. The summed E-state index contributed by atoms with van der Waals surface area (Å²) < 4.78 is 76.5. The minimum absolute atomic E-state index is 0.312. The van der Waals surface area contributed by atoms with Crippen molar-refractivity contribution in [2.75, 3.05) is 6.26 Å². The minimum atomic E-state index is -4.77. The van der Waals surface area contributed by atoms with Crippen LogP contribution in [-0.4, -0.2) is 21.3 Å². The van der Waals surface area contributed by atoms with E-state index in [9.17, 15) is 26.0 Å². The first-order valence-electron chi connectivity index (χ1n) is 4.28. The van der Waals surface area contributed by atoms with Crippen molar-refractivity contribution < 1.29 is 30.7 Å². The summed E-state index contributed by atoms with van der Waals surface area (Å²) in [6, 6.07) is 3.85. The van der Waals surface area contributed by atoms with Crippen molar-refractivity contribution in [1.29, 1.82) is 0 Å². The zero-order valence-corrected chi connectivity index (χ0v) is 9.35. The SMILES string of the molecule is CS(=O)(=O)C(F)(F)c1ccccc1OC(F)F. The van der Waals surface area contributed by atoms with E-state index in [1.54, 1.807) is 0 Å². The van der Waals surface area contributed by atoms with E-state index in [1.807, 2.05) is 0 Å². The van der Waals surface area contributed by atoms with Gasteiger partial charge >= 0.3 is 11.9 Å². The van der Waals surface area contributed by atoms with Gasteiger partial charge in [0.2, 0.25) is 9.84 Å². The zero-order chi connectivity index (χ0) is 13.3. The second-order valence-corrected chi connectivity index (χ2v) is 5.22. The van der Waals surface area contributed by atoms with Gasteiger partial charge in [0.1, 0.15) is 5.75 Å². The molecule has 17 heavy (non-hydrogen) atoms. The van der Waals surface area contributed by atoms with Gasteiger partial charge < -0.3 is 4.74 Å². The Bertz CT molecular complexity index is 499. The summed E-state index contributed by atoms with van der Waals surface area (Å²) in [6.07, 6.45) is 0.312. The normalized spacial score (nSPS) is 12.8. The lowest BCUT2D eigenvalue weighted by Crippen LogP contribution is -2.26. The van der Waals surface area contributed by atoms with Gasteiger partial charge in [0.05, 0.1) is 5.56 Å². The zero-order valence-electron chi connectivity index (χ0n) is 8.53. The van der Waals surface area contributed by atoms with Crippen LogP contribution in [0.4, 0.5) is 17.6 Å². The highest BCUT2D eigenvalue weighted by Crippen LogP contribution is 2.39. The smallest absolute Gasteiger partial charge is 0.387 e. The summed E-state index contributed by atoms with van der Waals surface area (Å²) in [4.78, 5) is 0. The molecule has 0 aromatic heterocycles. The number of alkyl halides is 4. The van der Waals surface area contributed by atoms with Crippen LogP contribution in [0.1, 0.15) is 5.56 Å². The van der Waals surface area contributed by atoms with E-state index in [4.69, 9.17) is 0 Å². The molecule has 1 rings (SSSR count). The van der Waals surface area contributed by atoms with Crippen molar-refractivity contribution >= 4 is 9.84 Å². The Morgan fingerprint density at radius 3 is 2.24 bits per heavy atom. The van der Waals surface area contributed by atoms with Crippen LogP contribution in [0.3, 0.4) is 0 Å². The number of hydrogen-bond acceptors (Lipinski definition) is 3. The maximum absolute atomic E-state index is 13.5. The number of sulfone groups is 1. The molecule has 0 N–H and O–H groups in total. The molecule has 0 radical (unpaired) electrons. The fourth-order valence-corrected chi connectivity index (χ4v) is 1.67. The van der Waals surface area contributed by atoms with Gasteiger partial charge in [-0.25, -0.2) is 8.42 Å². The molecular formula is C9H8F4O3S. The van der Waals surface area contributed by atoms with E-state index in [-0.39, 0.29) is 0 Å². The van der Waals surface area contributed by atoms with Crippen molar-refractivity contribution in [2.45, 2.75) is 11.9 Å². The molecular weight excluding hydrogens is 264 g/mol. The largest absolute Gasteiger partial charge is 0.434 e. The average molecular weight is 272 g/mol. The molecule has 0 fully saturated rings. The Kier molecular flexibility index (Phi) is 3.65. The number of halogens is 4. The topological polar surface area (TPSA) is 43.4 Å². The van der Waals surface area contributed by atoms with Crippen LogP contribution in [-0.2, 0) is 15.1 Å². The molecule has 0 amide bonds. The molecule has 8 heteroatoms. The number of benzene rings is 1. The molecule has 0 bridgehead atoms. The Morgan fingerprint density at radius 1 is 1.24 bits per heavy atom. The summed E-state index contributed by atoms with van der Waals surface area (Å²) >= 11 is 0. The third-order valence-electron chi connectivity index (χ3n) is 1.88. The molecule has 0 heterocycles. The van der Waals surface area contributed by atoms with E-state index in [2.05, 4.69) is 4.74 Å². The molecule has 0 aliphatic carbocycles. The predicted octanol–water partition coefficient (Wildman–Crippen LogP) is 2.38. The maximum Gasteiger partial charge on any atom is 0.387 e. The highest BCUT2D eigenvalue weighted by atomic mass is 32.2. The van der Waals surface area contributed by atoms with Crippen molar-refractivity contribution in [3.05, 3.63) is 29.8 Å². The van der Waals surface area contributed by atoms with Gasteiger partial charge in [-0.1, -0.05) is 12.1 Å². The molecule has 0 aliphatic rings. The first-order valence-corrected chi connectivity index (χ1v) is 6.17. The highest BCUT2D eigenvalue weighted by Gasteiger charge is 2.45. The van der Waals surface area contributed by atoms with Crippen molar-refractivity contribution in [1.82, 2.24) is 0 Å². The van der Waals surface area contributed by atoms with Crippen LogP contribution in [0.25, 0.3) is 0 Å². The number of hydrogen-bond donors (Lipinski definition) is 0. The fourth-order valence-electron chi connectivity index (χ4n) is 1.11. The second-order valence-electron chi connectivity index (χ2n) is 3.16. The molecule has 0 saturated heterocycles. The molecule has 1 aromatic rings. The van der Waals surface area contributed by atoms with Gasteiger partial charge in [0.25, 0.3) is 0 Å². The first kappa shape index (κ1) is 13.8. The first-order chi connectivity index (χ1) is 7.66. The van der Waals surface area contributed by atoms with Gasteiger partial charge in [0, 0.05) is 6.26 Å². The monoisotopic (exact) mass is 272 g/mol. The van der Waals surface area contributed by atoms with E-state index < -0.39 is 33.0 Å². The Morgan fingerprint density at radius 2 is 1.76 bits per heavy atom. The van der Waals surface area contributed by atoms with Crippen LogP contribution >= 0.6 is 0 Å². The molecule has 96 valence electrons. The molecule has 0 unspecified atom stereocenters. The molecule has 0 saturated carbocycles. The van der Waals surface area contributed by atoms with E-state index in [0.717, 1.165) is 18.2 Å². The molecule has 0 spiro atoms. The highest BCUT2D eigenvalue weighted by molar-refractivity contribution is 7.91. The molecule has 3 nitrogen and oxygen atoms in total. The van der Waals surface area contributed by atoms with Gasteiger partial charge in [0.15, 0.2) is 0 Å². The third-order valence-corrected chi connectivity index (χ3v) is 3.03. The van der Waals surface area contributed by atoms with Crippen molar-refractivity contribution in [3.63, 3.8) is 0 Å². The lowest BCUT2D eigenvalue weighted by atomic mass is 10.2. The van der Waals surface area contributed by atoms with E-state index >= 15 is 0 Å². The van der Waals surface area contributed by atoms with Crippen LogP contribution < -0.4 is 4.74 Å².